The van der Waals surface area contributed by atoms with E-state index in [0.29, 0.717) is 29.9 Å². The van der Waals surface area contributed by atoms with Crippen molar-refractivity contribution < 1.29 is 14.0 Å². The molecule has 2 heterocycles. The number of carbonyl (C=O) groups excluding carboxylic acids is 2. The Kier molecular flexibility index (Phi) is 4.42. The first kappa shape index (κ1) is 17.0. The Balaban J connectivity index is 1.74. The zero-order chi connectivity index (χ0) is 18.8. The molecule has 1 fully saturated rings. The number of hydrogen-bond acceptors (Lipinski definition) is 3. The van der Waals surface area contributed by atoms with E-state index in [9.17, 15) is 14.0 Å². The summed E-state index contributed by atoms with van der Waals surface area (Å²) in [6.45, 7) is 0.728. The molecule has 136 valence electrons. The second kappa shape index (κ2) is 7.03. The molecule has 1 aromatic heterocycles. The molecule has 4 rings (SSSR count). The third-order valence-corrected chi connectivity index (χ3v) is 4.54. The van der Waals surface area contributed by atoms with Gasteiger partial charge >= 0.3 is 0 Å². The van der Waals surface area contributed by atoms with Crippen LogP contribution in [-0.2, 0) is 4.79 Å². The summed E-state index contributed by atoms with van der Waals surface area (Å²) < 4.78 is 14.9. The van der Waals surface area contributed by atoms with Gasteiger partial charge < -0.3 is 10.2 Å². The van der Waals surface area contributed by atoms with E-state index in [1.807, 2.05) is 6.07 Å². The number of para-hydroxylation sites is 1. The Morgan fingerprint density at radius 3 is 2.63 bits per heavy atom. The van der Waals surface area contributed by atoms with Crippen LogP contribution >= 0.6 is 0 Å². The molecule has 1 aliphatic rings. The van der Waals surface area contributed by atoms with E-state index in [1.54, 1.807) is 41.3 Å². The van der Waals surface area contributed by atoms with E-state index in [4.69, 9.17) is 0 Å². The number of halogens is 1. The van der Waals surface area contributed by atoms with E-state index in [1.165, 1.54) is 29.2 Å². The van der Waals surface area contributed by atoms with Crippen LogP contribution in [0.15, 0.2) is 67.0 Å². The van der Waals surface area contributed by atoms with Crippen molar-refractivity contribution in [2.75, 3.05) is 13.1 Å². The lowest BCUT2D eigenvalue weighted by molar-refractivity contribution is -0.128. The van der Waals surface area contributed by atoms with Gasteiger partial charge in [0.25, 0.3) is 5.91 Å². The van der Waals surface area contributed by atoms with Gasteiger partial charge in [0.15, 0.2) is 0 Å². The first-order valence-electron chi connectivity index (χ1n) is 8.58. The van der Waals surface area contributed by atoms with Gasteiger partial charge in [-0.25, -0.2) is 9.07 Å². The van der Waals surface area contributed by atoms with E-state index in [0.717, 1.165) is 0 Å². The van der Waals surface area contributed by atoms with Crippen molar-refractivity contribution in [3.05, 3.63) is 83.9 Å². The van der Waals surface area contributed by atoms with Gasteiger partial charge in [-0.1, -0.05) is 24.3 Å². The summed E-state index contributed by atoms with van der Waals surface area (Å²) in [7, 11) is 0. The van der Waals surface area contributed by atoms with Gasteiger partial charge in [-0.3, -0.25) is 9.59 Å². The van der Waals surface area contributed by atoms with Crippen LogP contribution in [0.25, 0.3) is 5.69 Å². The Morgan fingerprint density at radius 2 is 1.89 bits per heavy atom. The average Bonchev–Trinajstić information content (AvgIpc) is 3.23. The summed E-state index contributed by atoms with van der Waals surface area (Å²) in [4.78, 5) is 27.4. The standard InChI is InChI=1S/C20H17FN4O2/c21-15-8-6-14(7-9-15)18-19(26)22-11-13-24(18)20(27)16-4-1-2-5-17(16)25-12-3-10-23-25/h1-10,12,18H,11,13H2,(H,22,26)/t18-/m1/s1. The minimum Gasteiger partial charge on any atom is -0.352 e. The first-order chi connectivity index (χ1) is 13.1. The van der Waals surface area contributed by atoms with Crippen molar-refractivity contribution in [1.82, 2.24) is 20.0 Å². The normalized spacial score (nSPS) is 16.9. The van der Waals surface area contributed by atoms with Crippen LogP contribution in [0.5, 0.6) is 0 Å². The minimum atomic E-state index is -0.808. The van der Waals surface area contributed by atoms with Gasteiger partial charge in [0.05, 0.1) is 11.3 Å². The van der Waals surface area contributed by atoms with Gasteiger partial charge in [-0.2, -0.15) is 5.10 Å². The highest BCUT2D eigenvalue weighted by Gasteiger charge is 2.35. The highest BCUT2D eigenvalue weighted by atomic mass is 19.1. The molecule has 0 aliphatic carbocycles. The smallest absolute Gasteiger partial charge is 0.257 e. The predicted octanol–water partition coefficient (Wildman–Crippen LogP) is 2.32. The molecule has 6 nitrogen and oxygen atoms in total. The topological polar surface area (TPSA) is 67.2 Å². The molecule has 0 unspecified atom stereocenters. The third-order valence-electron chi connectivity index (χ3n) is 4.54. The van der Waals surface area contributed by atoms with Crippen molar-refractivity contribution in [3.8, 4) is 5.69 Å². The van der Waals surface area contributed by atoms with Crippen LogP contribution in [0.4, 0.5) is 4.39 Å². The van der Waals surface area contributed by atoms with Gasteiger partial charge in [0.1, 0.15) is 11.9 Å². The number of nitrogens with zero attached hydrogens (tertiary/aromatic N) is 3. The van der Waals surface area contributed by atoms with Crippen LogP contribution in [0, 0.1) is 5.82 Å². The van der Waals surface area contributed by atoms with Crippen molar-refractivity contribution in [2.24, 2.45) is 0 Å². The van der Waals surface area contributed by atoms with Crippen LogP contribution in [0.1, 0.15) is 22.0 Å². The molecule has 1 aliphatic heterocycles. The number of carbonyl (C=O) groups is 2. The van der Waals surface area contributed by atoms with Gasteiger partial charge in [0.2, 0.25) is 5.91 Å². The molecule has 2 aromatic carbocycles. The maximum absolute atomic E-state index is 13.3. The summed E-state index contributed by atoms with van der Waals surface area (Å²) >= 11 is 0. The third kappa shape index (κ3) is 3.19. The molecule has 0 saturated carbocycles. The van der Waals surface area contributed by atoms with E-state index in [2.05, 4.69) is 10.4 Å². The molecule has 0 radical (unpaired) electrons. The number of piperazine rings is 1. The van der Waals surface area contributed by atoms with Gasteiger partial charge in [0, 0.05) is 25.5 Å². The second-order valence-corrected chi connectivity index (χ2v) is 6.21. The fourth-order valence-corrected chi connectivity index (χ4v) is 3.28. The predicted molar refractivity (Wildman–Crippen MR) is 96.8 cm³/mol. The quantitative estimate of drug-likeness (QED) is 0.776. The first-order valence-corrected chi connectivity index (χ1v) is 8.58. The number of nitrogens with one attached hydrogen (secondary N) is 1. The van der Waals surface area contributed by atoms with E-state index < -0.39 is 11.9 Å². The molecule has 1 saturated heterocycles. The molecule has 3 aromatic rings. The van der Waals surface area contributed by atoms with Gasteiger partial charge in [-0.15, -0.1) is 0 Å². The maximum Gasteiger partial charge on any atom is 0.257 e. The SMILES string of the molecule is O=C1NCCN(C(=O)c2ccccc2-n2cccn2)[C@@H]1c1ccc(F)cc1. The lowest BCUT2D eigenvalue weighted by Crippen LogP contribution is -2.52. The Bertz CT molecular complexity index is 970. The zero-order valence-electron chi connectivity index (χ0n) is 14.4. The van der Waals surface area contributed by atoms with Crippen molar-refractivity contribution >= 4 is 11.8 Å². The number of aromatic nitrogens is 2. The molecular weight excluding hydrogens is 347 g/mol. The maximum atomic E-state index is 13.3. The summed E-state index contributed by atoms with van der Waals surface area (Å²) in [5.74, 6) is -0.945. The number of amides is 2. The van der Waals surface area contributed by atoms with Crippen molar-refractivity contribution in [1.29, 1.82) is 0 Å². The van der Waals surface area contributed by atoms with E-state index >= 15 is 0 Å². The molecule has 1 N–H and O–H groups in total. The molecule has 0 bridgehead atoms. The summed E-state index contributed by atoms with van der Waals surface area (Å²) in [6.07, 6.45) is 3.39. The number of benzene rings is 2. The van der Waals surface area contributed by atoms with Crippen LogP contribution in [0.3, 0.4) is 0 Å². The van der Waals surface area contributed by atoms with Crippen LogP contribution < -0.4 is 5.32 Å². The fourth-order valence-electron chi connectivity index (χ4n) is 3.28. The zero-order valence-corrected chi connectivity index (χ0v) is 14.4. The highest BCUT2D eigenvalue weighted by Crippen LogP contribution is 2.27. The fraction of sp³-hybridized carbons (Fsp3) is 0.150. The van der Waals surface area contributed by atoms with Crippen molar-refractivity contribution in [2.45, 2.75) is 6.04 Å². The molecular formula is C20H17FN4O2. The largest absolute Gasteiger partial charge is 0.352 e. The molecule has 0 spiro atoms. The van der Waals surface area contributed by atoms with Crippen LogP contribution in [0.2, 0.25) is 0 Å². The van der Waals surface area contributed by atoms with Crippen molar-refractivity contribution in [3.63, 3.8) is 0 Å². The minimum absolute atomic E-state index is 0.273. The molecule has 7 heteroatoms. The monoisotopic (exact) mass is 364 g/mol. The van der Waals surface area contributed by atoms with Crippen LogP contribution in [-0.4, -0.2) is 39.6 Å². The van der Waals surface area contributed by atoms with Gasteiger partial charge in [-0.05, 0) is 35.9 Å². The highest BCUT2D eigenvalue weighted by molar-refractivity contribution is 6.01. The molecule has 27 heavy (non-hydrogen) atoms. The average molecular weight is 364 g/mol. The summed E-state index contributed by atoms with van der Waals surface area (Å²) in [6, 6.07) is 13.7. The summed E-state index contributed by atoms with van der Waals surface area (Å²) in [5, 5.41) is 6.98. The Hall–Kier alpha value is -3.48. The Labute approximate surface area is 155 Å². The lowest BCUT2D eigenvalue weighted by atomic mass is 10.0. The second-order valence-electron chi connectivity index (χ2n) is 6.21. The summed E-state index contributed by atoms with van der Waals surface area (Å²) in [5.41, 5.74) is 1.65. The number of rotatable bonds is 3. The lowest BCUT2D eigenvalue weighted by Gasteiger charge is -2.35. The molecule has 2 amide bonds. The molecule has 1 atom stereocenters. The Morgan fingerprint density at radius 1 is 1.11 bits per heavy atom. The van der Waals surface area contributed by atoms with E-state index in [-0.39, 0.29) is 11.8 Å². The number of hydrogen-bond donors (Lipinski definition) is 1.